The summed E-state index contributed by atoms with van der Waals surface area (Å²) in [4.78, 5) is 16.3. The maximum Gasteiger partial charge on any atom is 0.246 e. The van der Waals surface area contributed by atoms with E-state index >= 15 is 0 Å². The van der Waals surface area contributed by atoms with E-state index in [9.17, 15) is 10.1 Å². The van der Waals surface area contributed by atoms with Crippen molar-refractivity contribution in [3.8, 4) is 6.07 Å². The number of nitriles is 1. The molecule has 5 heteroatoms. The van der Waals surface area contributed by atoms with Gasteiger partial charge in [0.25, 0.3) is 0 Å². The summed E-state index contributed by atoms with van der Waals surface area (Å²) in [7, 11) is 0. The van der Waals surface area contributed by atoms with E-state index in [2.05, 4.69) is 11.0 Å². The van der Waals surface area contributed by atoms with E-state index < -0.39 is 0 Å². The Balaban J connectivity index is 1.61. The Morgan fingerprint density at radius 1 is 1.08 bits per heavy atom. The second kappa shape index (κ2) is 7.54. The van der Waals surface area contributed by atoms with Gasteiger partial charge in [0.2, 0.25) is 5.91 Å². The minimum Gasteiger partial charge on any atom is -0.399 e. The third kappa shape index (κ3) is 3.99. The molecule has 1 aliphatic rings. The molecule has 0 unspecified atom stereocenters. The second-order valence-corrected chi connectivity index (χ2v) is 5.94. The van der Waals surface area contributed by atoms with Crippen LogP contribution < -0.4 is 10.6 Å². The third-order valence-corrected chi connectivity index (χ3v) is 4.29. The molecule has 1 fully saturated rings. The number of nitrogens with two attached hydrogens (primary N) is 1. The van der Waals surface area contributed by atoms with Crippen LogP contribution in [0.1, 0.15) is 11.1 Å². The van der Waals surface area contributed by atoms with Gasteiger partial charge in [-0.15, -0.1) is 0 Å². The predicted octanol–water partition coefficient (Wildman–Crippen LogP) is 2.50. The van der Waals surface area contributed by atoms with Gasteiger partial charge in [-0.3, -0.25) is 4.79 Å². The van der Waals surface area contributed by atoms with Crippen molar-refractivity contribution in [2.45, 2.75) is 0 Å². The van der Waals surface area contributed by atoms with Crippen molar-refractivity contribution in [2.24, 2.45) is 0 Å². The molecule has 1 aliphatic heterocycles. The molecule has 2 aromatic rings. The van der Waals surface area contributed by atoms with Crippen LogP contribution in [0, 0.1) is 11.3 Å². The van der Waals surface area contributed by atoms with E-state index in [1.165, 1.54) is 0 Å². The molecule has 126 valence electrons. The number of carbonyl (C=O) groups excluding carboxylic acids is 1. The normalized spacial score (nSPS) is 14.5. The first-order chi connectivity index (χ1) is 12.2. The summed E-state index contributed by atoms with van der Waals surface area (Å²) in [6, 6.07) is 17.3. The first-order valence-corrected chi connectivity index (χ1v) is 8.24. The molecule has 1 saturated heterocycles. The number of anilines is 2. The van der Waals surface area contributed by atoms with Crippen LogP contribution in [0.5, 0.6) is 0 Å². The summed E-state index contributed by atoms with van der Waals surface area (Å²) < 4.78 is 0. The van der Waals surface area contributed by atoms with Gasteiger partial charge in [0.1, 0.15) is 6.07 Å². The molecule has 0 radical (unpaired) electrons. The maximum absolute atomic E-state index is 12.3. The van der Waals surface area contributed by atoms with E-state index in [-0.39, 0.29) is 5.91 Å². The summed E-state index contributed by atoms with van der Waals surface area (Å²) in [6.45, 7) is 2.66. The van der Waals surface area contributed by atoms with Crippen LogP contribution in [0.3, 0.4) is 0 Å². The molecular formula is C20H20N4O. The van der Waals surface area contributed by atoms with Crippen LogP contribution in [-0.2, 0) is 4.79 Å². The lowest BCUT2D eigenvalue weighted by molar-refractivity contribution is -0.126. The Morgan fingerprint density at radius 3 is 2.48 bits per heavy atom. The molecule has 0 spiro atoms. The van der Waals surface area contributed by atoms with Crippen LogP contribution in [-0.4, -0.2) is 37.0 Å². The molecule has 0 aliphatic carbocycles. The largest absolute Gasteiger partial charge is 0.399 e. The van der Waals surface area contributed by atoms with E-state index in [1.54, 1.807) is 18.2 Å². The lowest BCUT2D eigenvalue weighted by atomic mass is 10.1. The predicted molar refractivity (Wildman–Crippen MR) is 99.8 cm³/mol. The van der Waals surface area contributed by atoms with Gasteiger partial charge in [-0.1, -0.05) is 30.3 Å². The molecular weight excluding hydrogens is 312 g/mol. The quantitative estimate of drug-likeness (QED) is 0.692. The van der Waals surface area contributed by atoms with Gasteiger partial charge in [0.15, 0.2) is 0 Å². The summed E-state index contributed by atoms with van der Waals surface area (Å²) in [5.41, 5.74) is 8.79. The molecule has 3 rings (SSSR count). The second-order valence-electron chi connectivity index (χ2n) is 5.94. The molecule has 1 amide bonds. The third-order valence-electron chi connectivity index (χ3n) is 4.29. The highest BCUT2D eigenvalue weighted by Gasteiger charge is 2.21. The zero-order chi connectivity index (χ0) is 17.6. The molecule has 0 atom stereocenters. The minimum atomic E-state index is 0.0151. The Labute approximate surface area is 147 Å². The number of hydrogen-bond acceptors (Lipinski definition) is 4. The average Bonchev–Trinajstić information content (AvgIpc) is 2.67. The van der Waals surface area contributed by atoms with E-state index in [1.807, 2.05) is 47.4 Å². The van der Waals surface area contributed by atoms with Crippen molar-refractivity contribution in [1.29, 1.82) is 5.26 Å². The molecule has 0 bridgehead atoms. The standard InChI is InChI=1S/C20H20N4O/c21-15-17-14-18(22)7-8-19(17)23-10-12-24(13-11-23)20(25)9-6-16-4-2-1-3-5-16/h1-9,14H,10-13,22H2/b9-6+. The topological polar surface area (TPSA) is 73.4 Å². The Bertz CT molecular complexity index is 815. The molecule has 2 N–H and O–H groups in total. The Kier molecular flexibility index (Phi) is 5.00. The number of nitrogen functional groups attached to an aromatic ring is 1. The lowest BCUT2D eigenvalue weighted by Crippen LogP contribution is -2.48. The van der Waals surface area contributed by atoms with Crippen LogP contribution in [0.15, 0.2) is 54.6 Å². The first-order valence-electron chi connectivity index (χ1n) is 8.24. The van der Waals surface area contributed by atoms with Crippen molar-refractivity contribution in [2.75, 3.05) is 36.8 Å². The molecule has 0 saturated carbocycles. The van der Waals surface area contributed by atoms with Gasteiger partial charge in [-0.25, -0.2) is 0 Å². The smallest absolute Gasteiger partial charge is 0.246 e. The number of hydrogen-bond donors (Lipinski definition) is 1. The van der Waals surface area contributed by atoms with Crippen LogP contribution >= 0.6 is 0 Å². The number of piperazine rings is 1. The number of rotatable bonds is 3. The van der Waals surface area contributed by atoms with Crippen LogP contribution in [0.4, 0.5) is 11.4 Å². The number of nitrogens with zero attached hydrogens (tertiary/aromatic N) is 3. The van der Waals surface area contributed by atoms with E-state index in [4.69, 9.17) is 5.73 Å². The summed E-state index contributed by atoms with van der Waals surface area (Å²) in [6.07, 6.45) is 3.46. The minimum absolute atomic E-state index is 0.0151. The molecule has 5 nitrogen and oxygen atoms in total. The highest BCUT2D eigenvalue weighted by molar-refractivity contribution is 5.92. The molecule has 1 heterocycles. The van der Waals surface area contributed by atoms with Crippen molar-refractivity contribution in [3.05, 3.63) is 65.7 Å². The van der Waals surface area contributed by atoms with Crippen molar-refractivity contribution < 1.29 is 4.79 Å². The zero-order valence-electron chi connectivity index (χ0n) is 13.9. The van der Waals surface area contributed by atoms with E-state index in [0.717, 1.165) is 11.3 Å². The zero-order valence-corrected chi connectivity index (χ0v) is 13.9. The number of carbonyl (C=O) groups is 1. The van der Waals surface area contributed by atoms with Gasteiger partial charge in [-0.2, -0.15) is 5.26 Å². The summed E-state index contributed by atoms with van der Waals surface area (Å²) in [5.74, 6) is 0.0151. The van der Waals surface area contributed by atoms with Gasteiger partial charge in [0.05, 0.1) is 11.3 Å². The fraction of sp³-hybridized carbons (Fsp3) is 0.200. The Morgan fingerprint density at radius 2 is 1.80 bits per heavy atom. The van der Waals surface area contributed by atoms with Gasteiger partial charge >= 0.3 is 0 Å². The molecule has 25 heavy (non-hydrogen) atoms. The first kappa shape index (κ1) is 16.6. The highest BCUT2D eigenvalue weighted by Crippen LogP contribution is 2.23. The highest BCUT2D eigenvalue weighted by atomic mass is 16.2. The van der Waals surface area contributed by atoms with Crippen LogP contribution in [0.2, 0.25) is 0 Å². The number of amides is 1. The lowest BCUT2D eigenvalue weighted by Gasteiger charge is -2.36. The summed E-state index contributed by atoms with van der Waals surface area (Å²) in [5, 5.41) is 9.29. The fourth-order valence-corrected chi connectivity index (χ4v) is 2.92. The average molecular weight is 332 g/mol. The van der Waals surface area contributed by atoms with Gasteiger partial charge < -0.3 is 15.5 Å². The van der Waals surface area contributed by atoms with Crippen molar-refractivity contribution >= 4 is 23.4 Å². The van der Waals surface area contributed by atoms with Crippen molar-refractivity contribution in [1.82, 2.24) is 4.90 Å². The SMILES string of the molecule is N#Cc1cc(N)ccc1N1CCN(C(=O)/C=C/c2ccccc2)CC1. The van der Waals surface area contributed by atoms with Crippen molar-refractivity contribution in [3.63, 3.8) is 0 Å². The molecule has 2 aromatic carbocycles. The summed E-state index contributed by atoms with van der Waals surface area (Å²) >= 11 is 0. The van der Waals surface area contributed by atoms with Gasteiger partial charge in [-0.05, 0) is 29.8 Å². The van der Waals surface area contributed by atoms with Gasteiger partial charge in [0, 0.05) is 37.9 Å². The monoisotopic (exact) mass is 332 g/mol. The fourth-order valence-electron chi connectivity index (χ4n) is 2.92. The van der Waals surface area contributed by atoms with E-state index in [0.29, 0.717) is 37.4 Å². The number of benzene rings is 2. The molecule has 0 aromatic heterocycles. The van der Waals surface area contributed by atoms with Crippen LogP contribution in [0.25, 0.3) is 6.08 Å². The maximum atomic E-state index is 12.3. The Hall–Kier alpha value is -3.26.